The number of anilines is 1. The molecule has 2 heterocycles. The van der Waals surface area contributed by atoms with E-state index in [0.29, 0.717) is 11.0 Å². The highest BCUT2D eigenvalue weighted by atomic mass is 35.5. The lowest BCUT2D eigenvalue weighted by Gasteiger charge is -2.06. The third kappa shape index (κ3) is 3.03. The Morgan fingerprint density at radius 2 is 2.20 bits per heavy atom. The first-order valence-electron chi connectivity index (χ1n) is 6.22. The van der Waals surface area contributed by atoms with Gasteiger partial charge in [-0.25, -0.2) is 4.98 Å². The monoisotopic (exact) mass is 304 g/mol. The average Bonchev–Trinajstić information content (AvgIpc) is 3.06. The highest BCUT2D eigenvalue weighted by molar-refractivity contribution is 7.15. The Morgan fingerprint density at radius 1 is 1.30 bits per heavy atom. The smallest absolute Gasteiger partial charge is 0.183 e. The van der Waals surface area contributed by atoms with Crippen molar-refractivity contribution in [2.24, 2.45) is 0 Å². The topological polar surface area (TPSA) is 38.1 Å². The van der Waals surface area contributed by atoms with E-state index in [9.17, 15) is 0 Å². The summed E-state index contributed by atoms with van der Waals surface area (Å²) in [7, 11) is 0. The van der Waals surface area contributed by atoms with Crippen LogP contribution >= 0.6 is 22.9 Å². The quantitative estimate of drug-likeness (QED) is 0.739. The Balaban J connectivity index is 1.74. The Bertz CT molecular complexity index is 720. The van der Waals surface area contributed by atoms with Gasteiger partial charge in [-0.15, -0.1) is 11.3 Å². The van der Waals surface area contributed by atoms with Gasteiger partial charge in [-0.05, 0) is 31.2 Å². The Morgan fingerprint density at radius 3 is 2.90 bits per heavy atom. The molecule has 0 radical (unpaired) electrons. The summed E-state index contributed by atoms with van der Waals surface area (Å²) in [5, 5.41) is 3.36. The van der Waals surface area contributed by atoms with E-state index >= 15 is 0 Å². The van der Waals surface area contributed by atoms with E-state index in [0.717, 1.165) is 27.6 Å². The fourth-order valence-electron chi connectivity index (χ4n) is 1.93. The van der Waals surface area contributed by atoms with Gasteiger partial charge in [-0.2, -0.15) is 0 Å². The number of hydrogen-bond donors (Lipinski definition) is 1. The number of thiazole rings is 1. The number of nitrogens with one attached hydrogen (secondary N) is 1. The molecule has 0 saturated carbocycles. The number of hydrogen-bond acceptors (Lipinski definition) is 4. The third-order valence-electron chi connectivity index (χ3n) is 2.88. The highest BCUT2D eigenvalue weighted by Crippen LogP contribution is 2.25. The second kappa shape index (κ2) is 5.69. The lowest BCUT2D eigenvalue weighted by molar-refractivity contribution is 0.548. The van der Waals surface area contributed by atoms with E-state index in [1.54, 1.807) is 6.20 Å². The molecule has 0 spiro atoms. The van der Waals surface area contributed by atoms with Crippen molar-refractivity contribution >= 4 is 28.6 Å². The molecule has 5 heteroatoms. The standard InChI is InChI=1S/C15H13ClN2OS/c1-10-5-6-14(19-10)11-3-2-4-12(7-11)17-8-13-9-18-15(16)20-13/h2-7,9,17H,8H2,1H3. The molecule has 2 aromatic heterocycles. The lowest BCUT2D eigenvalue weighted by atomic mass is 10.1. The number of benzene rings is 1. The normalized spacial score (nSPS) is 10.7. The van der Waals surface area contributed by atoms with Crippen molar-refractivity contribution in [3.05, 3.63) is 57.7 Å². The molecule has 0 aliphatic heterocycles. The van der Waals surface area contributed by atoms with Gasteiger partial charge in [-0.3, -0.25) is 0 Å². The van der Waals surface area contributed by atoms with Gasteiger partial charge in [0.25, 0.3) is 0 Å². The summed E-state index contributed by atoms with van der Waals surface area (Å²) in [6.07, 6.45) is 1.79. The summed E-state index contributed by atoms with van der Waals surface area (Å²) in [6, 6.07) is 12.1. The number of furan rings is 1. The molecule has 3 nitrogen and oxygen atoms in total. The van der Waals surface area contributed by atoms with Crippen LogP contribution < -0.4 is 5.32 Å². The molecule has 102 valence electrons. The van der Waals surface area contributed by atoms with Crippen molar-refractivity contribution in [3.8, 4) is 11.3 Å². The Labute approximate surface area is 126 Å². The fourth-order valence-corrected chi connectivity index (χ4v) is 2.84. The second-order valence-corrected chi connectivity index (χ2v) is 6.12. The third-order valence-corrected chi connectivity index (χ3v) is 3.99. The second-order valence-electron chi connectivity index (χ2n) is 4.42. The molecule has 1 N–H and O–H groups in total. The average molecular weight is 305 g/mol. The molecule has 0 amide bonds. The van der Waals surface area contributed by atoms with Crippen LogP contribution in [-0.4, -0.2) is 4.98 Å². The van der Waals surface area contributed by atoms with E-state index in [-0.39, 0.29) is 0 Å². The van der Waals surface area contributed by atoms with Crippen LogP contribution in [0.3, 0.4) is 0 Å². The summed E-state index contributed by atoms with van der Waals surface area (Å²) < 4.78 is 6.21. The van der Waals surface area contributed by atoms with Gasteiger partial charge in [0.15, 0.2) is 4.47 Å². The molecule has 1 aromatic carbocycles. The van der Waals surface area contributed by atoms with Crippen LogP contribution in [0, 0.1) is 6.92 Å². The Kier molecular flexibility index (Phi) is 3.76. The zero-order valence-corrected chi connectivity index (χ0v) is 12.5. The van der Waals surface area contributed by atoms with Crippen LogP contribution in [0.5, 0.6) is 0 Å². The number of nitrogens with zero attached hydrogens (tertiary/aromatic N) is 1. The summed E-state index contributed by atoms with van der Waals surface area (Å²) in [6.45, 7) is 2.66. The summed E-state index contributed by atoms with van der Waals surface area (Å²) in [5.41, 5.74) is 2.10. The van der Waals surface area contributed by atoms with E-state index in [4.69, 9.17) is 16.0 Å². The van der Waals surface area contributed by atoms with E-state index in [2.05, 4.69) is 16.4 Å². The first-order valence-corrected chi connectivity index (χ1v) is 7.41. The molecule has 20 heavy (non-hydrogen) atoms. The van der Waals surface area contributed by atoms with Crippen molar-refractivity contribution in [2.75, 3.05) is 5.32 Å². The minimum absolute atomic E-state index is 0.571. The van der Waals surface area contributed by atoms with Crippen molar-refractivity contribution in [2.45, 2.75) is 13.5 Å². The lowest BCUT2D eigenvalue weighted by Crippen LogP contribution is -1.97. The van der Waals surface area contributed by atoms with Crippen LogP contribution in [0.25, 0.3) is 11.3 Å². The van der Waals surface area contributed by atoms with E-state index in [1.807, 2.05) is 37.3 Å². The van der Waals surface area contributed by atoms with Gasteiger partial charge in [0, 0.05) is 22.3 Å². The van der Waals surface area contributed by atoms with E-state index in [1.165, 1.54) is 11.3 Å². The predicted octanol–water partition coefficient (Wildman–Crippen LogP) is 4.98. The largest absolute Gasteiger partial charge is 0.461 e. The zero-order chi connectivity index (χ0) is 13.9. The number of aryl methyl sites for hydroxylation is 1. The van der Waals surface area contributed by atoms with Gasteiger partial charge in [0.05, 0.1) is 6.54 Å². The predicted molar refractivity (Wildman–Crippen MR) is 83.3 cm³/mol. The Hall–Kier alpha value is -1.78. The number of rotatable bonds is 4. The molecule has 0 bridgehead atoms. The maximum atomic E-state index is 5.82. The van der Waals surface area contributed by atoms with Crippen LogP contribution in [0.2, 0.25) is 4.47 Å². The number of halogens is 1. The SMILES string of the molecule is Cc1ccc(-c2cccc(NCc3cnc(Cl)s3)c2)o1. The summed E-state index contributed by atoms with van der Waals surface area (Å²) in [5.74, 6) is 1.80. The molecule has 0 unspecified atom stereocenters. The first kappa shape index (κ1) is 13.2. The molecule has 3 rings (SSSR count). The summed E-state index contributed by atoms with van der Waals surface area (Å²) in [4.78, 5) is 5.13. The van der Waals surface area contributed by atoms with Crippen LogP contribution in [-0.2, 0) is 6.54 Å². The van der Waals surface area contributed by atoms with Crippen LogP contribution in [0.1, 0.15) is 10.6 Å². The molecule has 0 fully saturated rings. The van der Waals surface area contributed by atoms with Crippen molar-refractivity contribution in [3.63, 3.8) is 0 Å². The molecule has 0 aliphatic rings. The zero-order valence-electron chi connectivity index (χ0n) is 10.9. The van der Waals surface area contributed by atoms with Crippen molar-refractivity contribution in [1.82, 2.24) is 4.98 Å². The minimum atomic E-state index is 0.571. The molecule has 0 aliphatic carbocycles. The van der Waals surface area contributed by atoms with Gasteiger partial charge in [0.2, 0.25) is 0 Å². The van der Waals surface area contributed by atoms with Crippen LogP contribution in [0.4, 0.5) is 5.69 Å². The molecule has 3 aromatic rings. The summed E-state index contributed by atoms with van der Waals surface area (Å²) >= 11 is 7.30. The maximum absolute atomic E-state index is 5.82. The minimum Gasteiger partial charge on any atom is -0.461 e. The van der Waals surface area contributed by atoms with E-state index < -0.39 is 0 Å². The molecule has 0 saturated heterocycles. The van der Waals surface area contributed by atoms with Gasteiger partial charge in [0.1, 0.15) is 11.5 Å². The molecular formula is C15H13ClN2OS. The molecular weight excluding hydrogens is 292 g/mol. The highest BCUT2D eigenvalue weighted by Gasteiger charge is 2.04. The molecule has 0 atom stereocenters. The van der Waals surface area contributed by atoms with Gasteiger partial charge in [-0.1, -0.05) is 23.7 Å². The maximum Gasteiger partial charge on any atom is 0.183 e. The van der Waals surface area contributed by atoms with Crippen molar-refractivity contribution < 1.29 is 4.42 Å². The van der Waals surface area contributed by atoms with Gasteiger partial charge >= 0.3 is 0 Å². The van der Waals surface area contributed by atoms with Crippen molar-refractivity contribution in [1.29, 1.82) is 0 Å². The first-order chi connectivity index (χ1) is 9.70. The van der Waals surface area contributed by atoms with Crippen LogP contribution in [0.15, 0.2) is 47.0 Å². The number of aromatic nitrogens is 1. The fraction of sp³-hybridized carbons (Fsp3) is 0.133. The van der Waals surface area contributed by atoms with Gasteiger partial charge < -0.3 is 9.73 Å².